The van der Waals surface area contributed by atoms with E-state index < -0.39 is 0 Å². The largest absolute Gasteiger partial charge is 0.0939 e. The average Bonchev–Trinajstić information content (AvgIpc) is 2.09. The van der Waals surface area contributed by atoms with Crippen LogP contribution in [0.25, 0.3) is 0 Å². The minimum atomic E-state index is 0.756. The molecule has 1 rings (SSSR count). The van der Waals surface area contributed by atoms with E-state index in [0.29, 0.717) is 0 Å². The zero-order valence-corrected chi connectivity index (χ0v) is 8.88. The highest BCUT2D eigenvalue weighted by Crippen LogP contribution is 2.27. The third-order valence-electron chi connectivity index (χ3n) is 1.25. The molecule has 3 heteroatoms. The van der Waals surface area contributed by atoms with E-state index in [2.05, 4.69) is 0 Å². The van der Waals surface area contributed by atoms with Gasteiger partial charge in [0.15, 0.2) is 0 Å². The van der Waals surface area contributed by atoms with Crippen LogP contribution in [0.1, 0.15) is 6.92 Å². The summed E-state index contributed by atoms with van der Waals surface area (Å²) in [7, 11) is 0. The van der Waals surface area contributed by atoms with E-state index in [4.69, 9.17) is 23.2 Å². The standard InChI is InChI=1S/C9H8Cl2S/c1-7(6-10)12-9-4-2-8(11)3-5-9/h2-6H,1H3/b7-6+. The summed E-state index contributed by atoms with van der Waals surface area (Å²) in [6, 6.07) is 7.67. The number of hydrogen-bond acceptors (Lipinski definition) is 1. The molecule has 0 saturated carbocycles. The lowest BCUT2D eigenvalue weighted by molar-refractivity contribution is 1.46. The Balaban J connectivity index is 2.71. The van der Waals surface area contributed by atoms with Crippen molar-refractivity contribution < 1.29 is 0 Å². The number of hydrogen-bond donors (Lipinski definition) is 0. The maximum atomic E-state index is 5.73. The van der Waals surface area contributed by atoms with Crippen molar-refractivity contribution in [3.63, 3.8) is 0 Å². The van der Waals surface area contributed by atoms with Crippen LogP contribution in [-0.2, 0) is 0 Å². The molecular weight excluding hydrogens is 211 g/mol. The van der Waals surface area contributed by atoms with E-state index in [1.54, 1.807) is 17.3 Å². The highest BCUT2D eigenvalue weighted by molar-refractivity contribution is 8.03. The summed E-state index contributed by atoms with van der Waals surface area (Å²) in [5.74, 6) is 0. The molecule has 0 bridgehead atoms. The van der Waals surface area contributed by atoms with Gasteiger partial charge in [0.2, 0.25) is 0 Å². The summed E-state index contributed by atoms with van der Waals surface area (Å²) < 4.78 is 0. The summed E-state index contributed by atoms with van der Waals surface area (Å²) >= 11 is 12.9. The zero-order valence-electron chi connectivity index (χ0n) is 6.55. The zero-order chi connectivity index (χ0) is 8.97. The molecule has 0 aliphatic carbocycles. The molecule has 1 aromatic carbocycles. The molecule has 0 aliphatic heterocycles. The lowest BCUT2D eigenvalue weighted by atomic mass is 10.4. The van der Waals surface area contributed by atoms with Crippen molar-refractivity contribution in [1.29, 1.82) is 0 Å². The van der Waals surface area contributed by atoms with Gasteiger partial charge in [-0.3, -0.25) is 0 Å². The van der Waals surface area contributed by atoms with Crippen LogP contribution in [0.5, 0.6) is 0 Å². The van der Waals surface area contributed by atoms with Gasteiger partial charge >= 0.3 is 0 Å². The third kappa shape index (κ3) is 3.10. The second kappa shape index (κ2) is 4.80. The first-order valence-electron chi connectivity index (χ1n) is 3.43. The quantitative estimate of drug-likeness (QED) is 0.658. The average molecular weight is 219 g/mol. The minimum Gasteiger partial charge on any atom is -0.0939 e. The molecule has 0 aliphatic rings. The maximum absolute atomic E-state index is 5.73. The van der Waals surface area contributed by atoms with Crippen LogP contribution in [0.15, 0.2) is 39.6 Å². The third-order valence-corrected chi connectivity index (χ3v) is 2.90. The number of thioether (sulfide) groups is 1. The van der Waals surface area contributed by atoms with Crippen molar-refractivity contribution in [2.75, 3.05) is 0 Å². The molecule has 0 nitrogen and oxygen atoms in total. The maximum Gasteiger partial charge on any atom is 0.0406 e. The van der Waals surface area contributed by atoms with Gasteiger partial charge in [-0.1, -0.05) is 35.0 Å². The molecule has 0 atom stereocenters. The van der Waals surface area contributed by atoms with E-state index >= 15 is 0 Å². The smallest absolute Gasteiger partial charge is 0.0406 e. The van der Waals surface area contributed by atoms with Crippen LogP contribution in [0.2, 0.25) is 5.02 Å². The fourth-order valence-electron chi connectivity index (χ4n) is 0.711. The fourth-order valence-corrected chi connectivity index (χ4v) is 1.66. The molecule has 0 radical (unpaired) electrons. The Morgan fingerprint density at radius 3 is 2.42 bits per heavy atom. The molecular formula is C9H8Cl2S. The van der Waals surface area contributed by atoms with Gasteiger partial charge in [-0.2, -0.15) is 0 Å². The van der Waals surface area contributed by atoms with Crippen molar-refractivity contribution >= 4 is 35.0 Å². The lowest BCUT2D eigenvalue weighted by Crippen LogP contribution is -1.70. The molecule has 0 aromatic heterocycles. The molecule has 0 amide bonds. The van der Waals surface area contributed by atoms with Crippen LogP contribution in [0.3, 0.4) is 0 Å². The second-order valence-electron chi connectivity index (χ2n) is 2.28. The monoisotopic (exact) mass is 218 g/mol. The van der Waals surface area contributed by atoms with Crippen molar-refractivity contribution in [3.05, 3.63) is 39.7 Å². The van der Waals surface area contributed by atoms with E-state index in [0.717, 1.165) is 14.8 Å². The first-order chi connectivity index (χ1) is 5.72. The Morgan fingerprint density at radius 2 is 1.92 bits per heavy atom. The van der Waals surface area contributed by atoms with Gasteiger partial charge in [-0.05, 0) is 36.1 Å². The van der Waals surface area contributed by atoms with Gasteiger partial charge in [0.05, 0.1) is 0 Å². The Hall–Kier alpha value is -0.110. The van der Waals surface area contributed by atoms with Gasteiger partial charge in [-0.15, -0.1) is 0 Å². The van der Waals surface area contributed by atoms with Crippen molar-refractivity contribution in [2.24, 2.45) is 0 Å². The van der Waals surface area contributed by atoms with E-state index in [1.165, 1.54) is 0 Å². The highest BCUT2D eigenvalue weighted by Gasteiger charge is 1.94. The van der Waals surface area contributed by atoms with Gasteiger partial charge in [0, 0.05) is 15.5 Å². The Kier molecular flexibility index (Phi) is 3.99. The molecule has 0 unspecified atom stereocenters. The number of halogens is 2. The van der Waals surface area contributed by atoms with Crippen molar-refractivity contribution in [3.8, 4) is 0 Å². The van der Waals surface area contributed by atoms with Crippen LogP contribution in [0.4, 0.5) is 0 Å². The Bertz CT molecular complexity index is 277. The summed E-state index contributed by atoms with van der Waals surface area (Å²) in [4.78, 5) is 2.22. The summed E-state index contributed by atoms with van der Waals surface area (Å²) in [6.45, 7) is 1.96. The number of rotatable bonds is 2. The number of benzene rings is 1. The second-order valence-corrected chi connectivity index (χ2v) is 4.25. The summed E-state index contributed by atoms with van der Waals surface area (Å²) in [6.07, 6.45) is 0. The number of allylic oxidation sites excluding steroid dienone is 1. The summed E-state index contributed by atoms with van der Waals surface area (Å²) in [5, 5.41) is 0.756. The molecule has 64 valence electrons. The molecule has 0 saturated heterocycles. The van der Waals surface area contributed by atoms with Gasteiger partial charge in [-0.25, -0.2) is 0 Å². The molecule has 1 aromatic rings. The van der Waals surface area contributed by atoms with Gasteiger partial charge in [0.1, 0.15) is 0 Å². The predicted octanol–water partition coefficient (Wildman–Crippen LogP) is 4.53. The van der Waals surface area contributed by atoms with E-state index in [-0.39, 0.29) is 0 Å². The first-order valence-corrected chi connectivity index (χ1v) is 5.06. The molecule has 0 fully saturated rings. The van der Waals surface area contributed by atoms with Gasteiger partial charge < -0.3 is 0 Å². The van der Waals surface area contributed by atoms with Gasteiger partial charge in [0.25, 0.3) is 0 Å². The molecule has 0 N–H and O–H groups in total. The fraction of sp³-hybridized carbons (Fsp3) is 0.111. The molecule has 12 heavy (non-hydrogen) atoms. The molecule has 0 heterocycles. The summed E-state index contributed by atoms with van der Waals surface area (Å²) in [5.41, 5.74) is 1.57. The van der Waals surface area contributed by atoms with Crippen LogP contribution in [-0.4, -0.2) is 0 Å². The Morgan fingerprint density at radius 1 is 1.33 bits per heavy atom. The van der Waals surface area contributed by atoms with E-state index in [1.807, 2.05) is 31.2 Å². The molecule has 0 spiro atoms. The normalized spacial score (nSPS) is 11.8. The van der Waals surface area contributed by atoms with Crippen LogP contribution < -0.4 is 0 Å². The first kappa shape index (κ1) is 9.97. The van der Waals surface area contributed by atoms with Crippen molar-refractivity contribution in [1.82, 2.24) is 0 Å². The topological polar surface area (TPSA) is 0 Å². The van der Waals surface area contributed by atoms with E-state index in [9.17, 15) is 0 Å². The Labute approximate surface area is 86.6 Å². The van der Waals surface area contributed by atoms with Crippen molar-refractivity contribution in [2.45, 2.75) is 11.8 Å². The lowest BCUT2D eigenvalue weighted by Gasteiger charge is -1.99. The predicted molar refractivity (Wildman–Crippen MR) is 56.9 cm³/mol. The van der Waals surface area contributed by atoms with Crippen LogP contribution in [0, 0.1) is 0 Å². The SMILES string of the molecule is C/C(=C\Cl)Sc1ccc(Cl)cc1. The van der Waals surface area contributed by atoms with Crippen LogP contribution >= 0.6 is 35.0 Å². The highest BCUT2D eigenvalue weighted by atomic mass is 35.5. The minimum absolute atomic E-state index is 0.756.